The summed E-state index contributed by atoms with van der Waals surface area (Å²) in [6, 6.07) is 24.7. The number of amides is 1. The SMILES string of the molecule is COc1ccc(-c2nn(-c3ccc(F)cc3)c(OC(C)=O)c2-c2ccc(NC(=O)c3ccccc3Cl)cc2)cc1OC. The van der Waals surface area contributed by atoms with Crippen LogP contribution in [0, 0.1) is 5.82 Å². The van der Waals surface area contributed by atoms with Crippen LogP contribution in [0.1, 0.15) is 17.3 Å². The van der Waals surface area contributed by atoms with Crippen LogP contribution >= 0.6 is 11.6 Å². The van der Waals surface area contributed by atoms with Gasteiger partial charge < -0.3 is 19.5 Å². The summed E-state index contributed by atoms with van der Waals surface area (Å²) in [7, 11) is 3.07. The van der Waals surface area contributed by atoms with Gasteiger partial charge in [0.2, 0.25) is 5.88 Å². The van der Waals surface area contributed by atoms with E-state index in [0.717, 1.165) is 0 Å². The molecule has 0 atom stereocenters. The molecule has 0 bridgehead atoms. The van der Waals surface area contributed by atoms with Gasteiger partial charge in [0, 0.05) is 18.2 Å². The minimum Gasteiger partial charge on any atom is -0.493 e. The highest BCUT2D eigenvalue weighted by Crippen LogP contribution is 2.43. The molecule has 0 saturated heterocycles. The summed E-state index contributed by atoms with van der Waals surface area (Å²) in [4.78, 5) is 25.1. The smallest absolute Gasteiger partial charge is 0.309 e. The Balaban J connectivity index is 1.64. The van der Waals surface area contributed by atoms with Crippen molar-refractivity contribution in [2.45, 2.75) is 6.92 Å². The molecule has 0 unspecified atom stereocenters. The average molecular weight is 586 g/mol. The highest BCUT2D eigenvalue weighted by atomic mass is 35.5. The third-order valence-corrected chi connectivity index (χ3v) is 6.69. The summed E-state index contributed by atoms with van der Waals surface area (Å²) < 4.78 is 31.8. The summed E-state index contributed by atoms with van der Waals surface area (Å²) in [6.45, 7) is 1.29. The highest BCUT2D eigenvalue weighted by Gasteiger charge is 2.25. The van der Waals surface area contributed by atoms with Gasteiger partial charge in [0.15, 0.2) is 11.5 Å². The van der Waals surface area contributed by atoms with Crippen molar-refractivity contribution in [2.24, 2.45) is 0 Å². The van der Waals surface area contributed by atoms with E-state index in [1.165, 1.54) is 50.1 Å². The Morgan fingerprint density at radius 3 is 2.17 bits per heavy atom. The Morgan fingerprint density at radius 2 is 1.52 bits per heavy atom. The van der Waals surface area contributed by atoms with Gasteiger partial charge in [0.1, 0.15) is 11.5 Å². The van der Waals surface area contributed by atoms with E-state index in [4.69, 9.17) is 30.9 Å². The number of esters is 1. The second kappa shape index (κ2) is 12.2. The van der Waals surface area contributed by atoms with Crippen molar-refractivity contribution in [3.05, 3.63) is 107 Å². The number of nitrogens with zero attached hydrogens (tertiary/aromatic N) is 2. The summed E-state index contributed by atoms with van der Waals surface area (Å²) in [5.74, 6) is -0.212. The molecule has 5 rings (SSSR count). The van der Waals surface area contributed by atoms with E-state index in [-0.39, 0.29) is 11.8 Å². The Morgan fingerprint density at radius 1 is 0.857 bits per heavy atom. The van der Waals surface area contributed by atoms with Crippen molar-refractivity contribution in [2.75, 3.05) is 19.5 Å². The largest absolute Gasteiger partial charge is 0.493 e. The van der Waals surface area contributed by atoms with E-state index >= 15 is 0 Å². The molecule has 1 amide bonds. The van der Waals surface area contributed by atoms with Gasteiger partial charge in [-0.25, -0.2) is 4.39 Å². The van der Waals surface area contributed by atoms with Crippen LogP contribution in [0.15, 0.2) is 91.0 Å². The van der Waals surface area contributed by atoms with Crippen molar-refractivity contribution < 1.29 is 28.2 Å². The first-order valence-corrected chi connectivity index (χ1v) is 13.1. The number of halogens is 2. The highest BCUT2D eigenvalue weighted by molar-refractivity contribution is 6.34. The number of benzene rings is 4. The van der Waals surface area contributed by atoms with E-state index in [0.29, 0.717) is 55.8 Å². The lowest BCUT2D eigenvalue weighted by molar-refractivity contribution is -0.132. The van der Waals surface area contributed by atoms with Crippen molar-refractivity contribution in [1.82, 2.24) is 9.78 Å². The Hall–Kier alpha value is -5.15. The topological polar surface area (TPSA) is 91.7 Å². The number of hydrogen-bond donors (Lipinski definition) is 1. The predicted octanol–water partition coefficient (Wildman–Crippen LogP) is 7.19. The molecule has 1 N–H and O–H groups in total. The quantitative estimate of drug-likeness (QED) is 0.194. The van der Waals surface area contributed by atoms with Gasteiger partial charge in [-0.05, 0) is 72.3 Å². The number of rotatable bonds is 8. The van der Waals surface area contributed by atoms with Crippen molar-refractivity contribution >= 4 is 29.2 Å². The number of ether oxygens (including phenoxy) is 3. The van der Waals surface area contributed by atoms with Crippen LogP contribution in [0.3, 0.4) is 0 Å². The molecule has 0 fully saturated rings. The number of anilines is 1. The monoisotopic (exact) mass is 585 g/mol. The van der Waals surface area contributed by atoms with Gasteiger partial charge in [-0.3, -0.25) is 9.59 Å². The molecule has 42 heavy (non-hydrogen) atoms. The van der Waals surface area contributed by atoms with Crippen molar-refractivity contribution in [1.29, 1.82) is 0 Å². The molecule has 0 spiro atoms. The first-order valence-electron chi connectivity index (χ1n) is 12.7. The van der Waals surface area contributed by atoms with Crippen molar-refractivity contribution in [3.8, 4) is 45.5 Å². The molecular weight excluding hydrogens is 561 g/mol. The van der Waals surface area contributed by atoms with E-state index in [1.54, 1.807) is 66.7 Å². The molecule has 0 saturated carbocycles. The number of aromatic nitrogens is 2. The molecule has 1 aromatic heterocycles. The average Bonchev–Trinajstić information content (AvgIpc) is 3.36. The van der Waals surface area contributed by atoms with E-state index in [2.05, 4.69) is 5.32 Å². The molecule has 0 aliphatic rings. The van der Waals surface area contributed by atoms with Gasteiger partial charge in [-0.1, -0.05) is 35.9 Å². The molecule has 10 heteroatoms. The van der Waals surface area contributed by atoms with Gasteiger partial charge in [0.25, 0.3) is 5.91 Å². The lowest BCUT2D eigenvalue weighted by Gasteiger charge is -2.11. The zero-order valence-corrected chi connectivity index (χ0v) is 23.6. The first kappa shape index (κ1) is 28.4. The number of hydrogen-bond acceptors (Lipinski definition) is 6. The summed E-state index contributed by atoms with van der Waals surface area (Å²) in [5.41, 5.74) is 3.58. The molecule has 0 aliphatic heterocycles. The third-order valence-electron chi connectivity index (χ3n) is 6.36. The van der Waals surface area contributed by atoms with Crippen LogP contribution in [-0.4, -0.2) is 35.9 Å². The van der Waals surface area contributed by atoms with Crippen molar-refractivity contribution in [3.63, 3.8) is 0 Å². The fourth-order valence-corrected chi connectivity index (χ4v) is 4.62. The number of carbonyl (C=O) groups excluding carboxylic acids is 2. The molecule has 0 aliphatic carbocycles. The fourth-order valence-electron chi connectivity index (χ4n) is 4.40. The third kappa shape index (κ3) is 5.82. The molecule has 8 nitrogen and oxygen atoms in total. The standard InChI is InChI=1S/C32H25ClFN3O5/c1-19(38)42-32-29(20-8-13-23(14-9-20)35-31(39)25-6-4-5-7-26(25)33)30(21-10-17-27(40-2)28(18-21)41-3)36-37(32)24-15-11-22(34)12-16-24/h4-18H,1-3H3,(H,35,39). The second-order valence-electron chi connectivity index (χ2n) is 9.09. The Kier molecular flexibility index (Phi) is 8.21. The normalized spacial score (nSPS) is 10.7. The zero-order valence-electron chi connectivity index (χ0n) is 22.9. The van der Waals surface area contributed by atoms with Gasteiger partial charge in [-0.15, -0.1) is 0 Å². The lowest BCUT2D eigenvalue weighted by atomic mass is 10.0. The van der Waals surface area contributed by atoms with Gasteiger partial charge in [0.05, 0.1) is 36.1 Å². The van der Waals surface area contributed by atoms with E-state index in [9.17, 15) is 14.0 Å². The minimum absolute atomic E-state index is 0.131. The summed E-state index contributed by atoms with van der Waals surface area (Å²) in [5, 5.41) is 7.97. The van der Waals surface area contributed by atoms with Crippen LogP contribution in [0.25, 0.3) is 28.1 Å². The molecule has 4 aromatic carbocycles. The van der Waals surface area contributed by atoms with Crippen LogP contribution in [0.2, 0.25) is 5.02 Å². The maximum Gasteiger partial charge on any atom is 0.309 e. The molecule has 212 valence electrons. The van der Waals surface area contributed by atoms with E-state index in [1.807, 2.05) is 0 Å². The Labute approximate surface area is 246 Å². The Bertz CT molecular complexity index is 1770. The van der Waals surface area contributed by atoms with Crippen LogP contribution < -0.4 is 19.5 Å². The summed E-state index contributed by atoms with van der Waals surface area (Å²) in [6.07, 6.45) is 0. The fraction of sp³-hybridized carbons (Fsp3) is 0.0938. The molecule has 0 radical (unpaired) electrons. The van der Waals surface area contributed by atoms with Crippen LogP contribution in [-0.2, 0) is 4.79 Å². The molecular formula is C32H25ClFN3O5. The second-order valence-corrected chi connectivity index (χ2v) is 9.50. The maximum atomic E-state index is 13.8. The van der Waals surface area contributed by atoms with Crippen LogP contribution in [0.5, 0.6) is 17.4 Å². The van der Waals surface area contributed by atoms with Gasteiger partial charge in [-0.2, -0.15) is 9.78 Å². The number of nitrogens with one attached hydrogen (secondary N) is 1. The van der Waals surface area contributed by atoms with Crippen LogP contribution in [0.4, 0.5) is 10.1 Å². The first-order chi connectivity index (χ1) is 20.3. The maximum absolute atomic E-state index is 13.8. The number of carbonyl (C=O) groups is 2. The summed E-state index contributed by atoms with van der Waals surface area (Å²) >= 11 is 6.18. The molecule has 5 aromatic rings. The lowest BCUT2D eigenvalue weighted by Crippen LogP contribution is -2.12. The minimum atomic E-state index is -0.568. The zero-order chi connectivity index (χ0) is 29.8. The van der Waals surface area contributed by atoms with Gasteiger partial charge >= 0.3 is 5.97 Å². The predicted molar refractivity (Wildman–Crippen MR) is 158 cm³/mol. The molecule has 1 heterocycles. The van der Waals surface area contributed by atoms with E-state index < -0.39 is 11.8 Å². The number of methoxy groups -OCH3 is 2.